The van der Waals surface area contributed by atoms with Gasteiger partial charge in [-0.3, -0.25) is 90.8 Å². The number of halogens is 5. The Morgan fingerprint density at radius 2 is 0.636 bits per heavy atom. The first kappa shape index (κ1) is 102. The first-order valence-corrected chi connectivity index (χ1v) is 45.5. The Morgan fingerprint density at radius 3 is 0.893 bits per heavy atom. The maximum Gasteiger partial charge on any atom is 0.326 e. The number of carbonyl (C=O) groups is 8. The summed E-state index contributed by atoms with van der Waals surface area (Å²) in [5.74, 6) is -5.22. The van der Waals surface area contributed by atoms with E-state index in [1.54, 1.807) is 223 Å². The van der Waals surface area contributed by atoms with E-state index >= 15 is 0 Å². The van der Waals surface area contributed by atoms with Crippen LogP contribution in [0, 0.1) is 5.41 Å². The Bertz CT molecular complexity index is 7570. The fourth-order valence-corrected chi connectivity index (χ4v) is 15.7. The number of carboxylic acid groups (broad SMARTS) is 1. The second-order valence-corrected chi connectivity index (χ2v) is 37.5. The predicted molar refractivity (Wildman–Crippen MR) is 539 cm³/mol. The zero-order valence-electron chi connectivity index (χ0n) is 76.6. The number of aromatic nitrogens is 11. The highest BCUT2D eigenvalue weighted by Gasteiger charge is 2.38. The molecule has 4 aromatic carbocycles. The SMILES string of the molecule is CC(C)(C)OC(=O)Cn1c(=O)c(C(=O)NCc2ccc(Cl)cc2)cc2c(N)c(-c3ccncc3)cnc21.CC(C)(C)OC(=O)Cn1c(=O)c(C(=O)NCc2ccc(Cl)cc2)cc2c(N)c(Br)cnc21.CC1(C)CN(C(=O)Cn2c(=O)c(C(=O)NCc3ccc(Cl)cc3)cc3c(N)c(-c4ccncc4)cnc32)C1.Nc1c(-c2ccncc2)cnc2c1cc(C(=O)NCc1ccc(Cl)cc1)c(=O)n2CC(=O)O. The number of nitrogens with zero attached hydrogens (tertiary/aromatic N) is 12. The fourth-order valence-electron chi connectivity index (χ4n) is 14.9. The number of anilines is 4. The van der Waals surface area contributed by atoms with Crippen molar-refractivity contribution in [3.05, 3.63) is 330 Å². The zero-order valence-corrected chi connectivity index (χ0v) is 81.2. The van der Waals surface area contributed by atoms with Crippen molar-refractivity contribution >= 4 is 177 Å². The molecule has 0 aliphatic carbocycles. The van der Waals surface area contributed by atoms with Crippen molar-refractivity contribution in [3.63, 3.8) is 0 Å². The van der Waals surface area contributed by atoms with Crippen molar-refractivity contribution < 1.29 is 52.9 Å². The molecule has 140 heavy (non-hydrogen) atoms. The molecule has 718 valence electrons. The van der Waals surface area contributed by atoms with Crippen molar-refractivity contribution in [1.29, 1.82) is 0 Å². The number of fused-ring (bicyclic) bond motifs is 4. The number of likely N-dealkylation sites (tertiary alicyclic amines) is 1. The lowest BCUT2D eigenvalue weighted by Crippen LogP contribution is -2.56. The molecule has 40 heteroatoms. The Hall–Kier alpha value is -15.6. The number of carbonyl (C=O) groups excluding carboxylic acids is 7. The number of nitrogen functional groups attached to an aromatic ring is 4. The molecule has 0 spiro atoms. The van der Waals surface area contributed by atoms with Gasteiger partial charge in [0.25, 0.3) is 45.9 Å². The van der Waals surface area contributed by atoms with E-state index in [-0.39, 0.29) is 94.6 Å². The highest BCUT2D eigenvalue weighted by Crippen LogP contribution is 2.37. The van der Waals surface area contributed by atoms with Gasteiger partial charge in [0, 0.05) is 160 Å². The topological polar surface area (TPSA) is 509 Å². The number of hydrogen-bond acceptors (Lipinski definition) is 25. The van der Waals surface area contributed by atoms with Crippen LogP contribution < -0.4 is 66.4 Å². The van der Waals surface area contributed by atoms with Crippen molar-refractivity contribution in [2.45, 2.75) is 119 Å². The molecule has 11 aromatic heterocycles. The number of amides is 5. The number of ether oxygens (including phenoxy) is 2. The van der Waals surface area contributed by atoms with E-state index < -0.39 is 94.6 Å². The highest BCUT2D eigenvalue weighted by atomic mass is 79.9. The Labute approximate surface area is 827 Å². The minimum Gasteiger partial charge on any atom is -0.480 e. The van der Waals surface area contributed by atoms with Gasteiger partial charge >= 0.3 is 17.9 Å². The molecule has 13 N–H and O–H groups in total. The van der Waals surface area contributed by atoms with Gasteiger partial charge in [-0.05, 0) is 211 Å². The average molecular weight is 2040 g/mol. The van der Waals surface area contributed by atoms with Crippen LogP contribution in [0.2, 0.25) is 20.1 Å². The van der Waals surface area contributed by atoms with Crippen LogP contribution in [0.4, 0.5) is 22.7 Å². The van der Waals surface area contributed by atoms with Crippen LogP contribution in [-0.2, 0) is 81.0 Å². The number of aliphatic carboxylic acids is 1. The minimum absolute atomic E-state index is 0.0359. The summed E-state index contributed by atoms with van der Waals surface area (Å²) in [6.07, 6.45) is 15.7. The number of carboxylic acids is 1. The quantitative estimate of drug-likeness (QED) is 0.0269. The van der Waals surface area contributed by atoms with Crippen molar-refractivity contribution in [3.8, 4) is 33.4 Å². The smallest absolute Gasteiger partial charge is 0.326 e. The highest BCUT2D eigenvalue weighted by molar-refractivity contribution is 9.10. The molecule has 1 saturated heterocycles. The summed E-state index contributed by atoms with van der Waals surface area (Å²) in [5.41, 5.74) is 29.9. The van der Waals surface area contributed by atoms with Gasteiger partial charge < -0.3 is 63.7 Å². The molecule has 35 nitrogen and oxygen atoms in total. The van der Waals surface area contributed by atoms with Crippen LogP contribution in [0.3, 0.4) is 0 Å². The molecule has 0 atom stereocenters. The van der Waals surface area contributed by atoms with Crippen LogP contribution in [0.15, 0.2) is 243 Å². The molecule has 1 aliphatic heterocycles. The normalized spacial score (nSPS) is 12.0. The minimum atomic E-state index is -1.25. The summed E-state index contributed by atoms with van der Waals surface area (Å²) in [7, 11) is 0. The lowest BCUT2D eigenvalue weighted by atomic mass is 9.84. The molecule has 0 unspecified atom stereocenters. The number of benzene rings is 4. The van der Waals surface area contributed by atoms with Gasteiger partial charge in [-0.1, -0.05) is 109 Å². The van der Waals surface area contributed by atoms with E-state index in [0.717, 1.165) is 52.6 Å². The van der Waals surface area contributed by atoms with Gasteiger partial charge in [-0.25, -0.2) is 19.9 Å². The predicted octanol–water partition coefficient (Wildman–Crippen LogP) is 13.8. The van der Waals surface area contributed by atoms with E-state index in [1.807, 2.05) is 0 Å². The van der Waals surface area contributed by atoms with Gasteiger partial charge in [-0.15, -0.1) is 0 Å². The summed E-state index contributed by atoms with van der Waals surface area (Å²) in [5, 5.41) is 23.9. The van der Waals surface area contributed by atoms with Gasteiger partial charge in [0.05, 0.1) is 27.2 Å². The molecule has 0 saturated carbocycles. The van der Waals surface area contributed by atoms with Crippen LogP contribution >= 0.6 is 62.3 Å². The molecular weight excluding hydrogens is 1940 g/mol. The van der Waals surface area contributed by atoms with Crippen molar-refractivity contribution in [1.82, 2.24) is 79.3 Å². The van der Waals surface area contributed by atoms with Crippen LogP contribution in [0.25, 0.3) is 77.5 Å². The molecular formula is C100H93BrCl4N20O15. The maximum absolute atomic E-state index is 13.6. The molecule has 1 fully saturated rings. The summed E-state index contributed by atoms with van der Waals surface area (Å²) in [6.45, 7) is 14.6. The molecule has 16 rings (SSSR count). The summed E-state index contributed by atoms with van der Waals surface area (Å²) >= 11 is 26.9. The van der Waals surface area contributed by atoms with Gasteiger partial charge in [0.2, 0.25) is 5.91 Å². The molecule has 1 aliphatic rings. The second-order valence-electron chi connectivity index (χ2n) is 34.9. The number of rotatable bonds is 23. The Balaban J connectivity index is 0.000000158. The lowest BCUT2D eigenvalue weighted by molar-refractivity contribution is -0.156. The van der Waals surface area contributed by atoms with E-state index in [1.165, 1.54) is 47.4 Å². The largest absolute Gasteiger partial charge is 0.480 e. The first-order valence-electron chi connectivity index (χ1n) is 43.2. The van der Waals surface area contributed by atoms with Crippen molar-refractivity contribution in [2.24, 2.45) is 5.41 Å². The van der Waals surface area contributed by atoms with Gasteiger partial charge in [0.15, 0.2) is 0 Å². The average Bonchev–Trinajstić information content (AvgIpc) is 0.773. The number of pyridine rings is 11. The van der Waals surface area contributed by atoms with Crippen LogP contribution in [0.5, 0.6) is 0 Å². The third kappa shape index (κ3) is 25.0. The molecule has 0 bridgehead atoms. The standard InChI is InChI=1S/C28H27ClN6O3.C27H26ClN5O4.C23H18ClN5O4.C22H22BrClN4O4/c1-28(2)15-34(16-28)23(36)14-35-25-20(24(30)22(13-32-25)18-7-9-31-10-8-18)11-21(27(35)38)26(37)33-12-17-3-5-19(29)6-4-17;1-27(2,3)37-22(34)15-33-24-19(23(29)21(14-31-24)17-8-10-30-11-9-17)12-20(26(33)36)25(35)32-13-16-4-6-18(28)7-5-16;24-15-3-1-13(2-4-15)10-28-22(32)17-9-16-20(25)18(14-5-7-26-8-6-14)11-27-21(16)29(23(17)33)12-19(30)31;1-22(2,3)32-17(29)11-28-19-14(18(25)16(23)10-26-19)8-15(21(28)31)20(30)27-9-12-4-6-13(24)7-5-12/h3-11,13H,12,14-16H2,1-2H3,(H2,30,32)(H,33,37);4-12,14H,13,15H2,1-3H3,(H2,29,31)(H,32,35);1-9,11H,10,12H2,(H2,25,27)(H,28,32)(H,30,31);4-8,10H,9,11H2,1-3H3,(H2,25,26)(H,27,30). The number of nitrogens with two attached hydrogens (primary N) is 4. The molecule has 15 aromatic rings. The number of hydrogen-bond donors (Lipinski definition) is 9. The maximum atomic E-state index is 13.6. The third-order valence-corrected chi connectivity index (χ3v) is 23.2. The fraction of sp³-hybridized carbons (Fsp3) is 0.210. The van der Waals surface area contributed by atoms with Gasteiger partial charge in [0.1, 0.15) is 82.2 Å². The Morgan fingerprint density at radius 1 is 0.386 bits per heavy atom. The Kier molecular flexibility index (Phi) is 31.8. The summed E-state index contributed by atoms with van der Waals surface area (Å²) in [6, 6.07) is 44.0. The molecule has 0 radical (unpaired) electrons. The second kappa shape index (κ2) is 43.8. The van der Waals surface area contributed by atoms with Crippen molar-refractivity contribution in [2.75, 3.05) is 36.0 Å². The van der Waals surface area contributed by atoms with E-state index in [9.17, 15) is 62.6 Å². The summed E-state index contributed by atoms with van der Waals surface area (Å²) in [4.78, 5) is 186. The van der Waals surface area contributed by atoms with E-state index in [4.69, 9.17) is 78.8 Å². The van der Waals surface area contributed by atoms with Crippen LogP contribution in [-0.4, -0.2) is 135 Å². The van der Waals surface area contributed by atoms with E-state index in [0.29, 0.717) is 93.0 Å². The number of esters is 2. The van der Waals surface area contributed by atoms with Crippen LogP contribution in [0.1, 0.15) is 119 Å². The summed E-state index contributed by atoms with van der Waals surface area (Å²) < 4.78 is 15.6. The molecule has 5 amide bonds. The van der Waals surface area contributed by atoms with Gasteiger partial charge in [-0.2, -0.15) is 0 Å². The monoisotopic (exact) mass is 2030 g/mol. The molecule has 12 heterocycles. The third-order valence-electron chi connectivity index (χ3n) is 21.6. The zero-order chi connectivity index (χ0) is 101. The first-order chi connectivity index (χ1) is 66.5. The van der Waals surface area contributed by atoms with E-state index in [2.05, 4.69) is 85.9 Å². The lowest BCUT2D eigenvalue weighted by Gasteiger charge is -2.45. The number of nitrogens with one attached hydrogen (secondary N) is 4.